The van der Waals surface area contributed by atoms with Crippen LogP contribution >= 0.6 is 11.6 Å². The number of carbonyl (C=O) groups excluding carboxylic acids is 1. The standard InChI is InChI=1S/C13H13ClO5/c1-7(2)19-12-4-3-8(5-9(12)14)10(15)6-11(16)13(17)18/h3-7,15H,1-2H3,(H,17,18). The molecule has 1 aromatic rings. The highest BCUT2D eigenvalue weighted by Crippen LogP contribution is 2.28. The molecule has 0 amide bonds. The molecule has 1 aromatic carbocycles. The fraction of sp³-hybridized carbons (Fsp3) is 0.231. The van der Waals surface area contributed by atoms with Crippen LogP contribution in [0.5, 0.6) is 5.75 Å². The van der Waals surface area contributed by atoms with Gasteiger partial charge in [-0.1, -0.05) is 11.6 Å². The summed E-state index contributed by atoms with van der Waals surface area (Å²) in [6.07, 6.45) is 0.567. The minimum atomic E-state index is -1.64. The number of ketones is 1. The van der Waals surface area contributed by atoms with Crippen LogP contribution in [0.1, 0.15) is 19.4 Å². The van der Waals surface area contributed by atoms with E-state index in [9.17, 15) is 14.7 Å². The average molecular weight is 285 g/mol. The quantitative estimate of drug-likeness (QED) is 0.493. The van der Waals surface area contributed by atoms with Gasteiger partial charge in [-0.25, -0.2) is 4.79 Å². The maximum atomic E-state index is 10.9. The Labute approximate surface area is 115 Å². The molecule has 0 radical (unpaired) electrons. The number of halogens is 1. The van der Waals surface area contributed by atoms with Crippen LogP contribution in [-0.4, -0.2) is 28.1 Å². The Morgan fingerprint density at radius 2 is 1.95 bits per heavy atom. The second-order valence-corrected chi connectivity index (χ2v) is 4.42. The van der Waals surface area contributed by atoms with Crippen molar-refractivity contribution in [2.75, 3.05) is 0 Å². The Morgan fingerprint density at radius 3 is 2.42 bits per heavy atom. The van der Waals surface area contributed by atoms with Crippen molar-refractivity contribution in [1.29, 1.82) is 0 Å². The smallest absolute Gasteiger partial charge is 0.376 e. The monoisotopic (exact) mass is 284 g/mol. The summed E-state index contributed by atoms with van der Waals surface area (Å²) in [7, 11) is 0. The Hall–Kier alpha value is -2.01. The van der Waals surface area contributed by atoms with E-state index in [2.05, 4.69) is 0 Å². The summed E-state index contributed by atoms with van der Waals surface area (Å²) in [6.45, 7) is 3.68. The van der Waals surface area contributed by atoms with Crippen molar-refractivity contribution in [3.8, 4) is 5.75 Å². The Balaban J connectivity index is 3.01. The number of rotatable bonds is 5. The first kappa shape index (κ1) is 15.0. The summed E-state index contributed by atoms with van der Waals surface area (Å²) in [6, 6.07) is 4.40. The summed E-state index contributed by atoms with van der Waals surface area (Å²) in [5.74, 6) is -2.88. The van der Waals surface area contributed by atoms with E-state index in [1.807, 2.05) is 13.8 Å². The molecule has 6 heteroatoms. The van der Waals surface area contributed by atoms with Crippen molar-refractivity contribution in [2.24, 2.45) is 0 Å². The van der Waals surface area contributed by atoms with Gasteiger partial charge in [0.25, 0.3) is 5.78 Å². The van der Waals surface area contributed by atoms with Crippen LogP contribution in [0, 0.1) is 0 Å². The molecule has 1 rings (SSSR count). The summed E-state index contributed by atoms with van der Waals surface area (Å²) >= 11 is 5.95. The third kappa shape index (κ3) is 4.30. The van der Waals surface area contributed by atoms with Gasteiger partial charge in [0.15, 0.2) is 0 Å². The summed E-state index contributed by atoms with van der Waals surface area (Å²) in [5, 5.41) is 18.3. The maximum Gasteiger partial charge on any atom is 0.376 e. The van der Waals surface area contributed by atoms with Gasteiger partial charge in [-0.3, -0.25) is 4.79 Å². The molecule has 19 heavy (non-hydrogen) atoms. The first-order valence-electron chi connectivity index (χ1n) is 5.45. The summed E-state index contributed by atoms with van der Waals surface area (Å²) < 4.78 is 5.40. The predicted molar refractivity (Wildman–Crippen MR) is 70.5 cm³/mol. The minimum Gasteiger partial charge on any atom is -0.507 e. The molecule has 0 unspecified atom stereocenters. The Morgan fingerprint density at radius 1 is 1.32 bits per heavy atom. The second kappa shape index (κ2) is 6.24. The molecule has 0 atom stereocenters. The van der Waals surface area contributed by atoms with E-state index in [0.717, 1.165) is 0 Å². The lowest BCUT2D eigenvalue weighted by Gasteiger charge is -2.12. The first-order valence-corrected chi connectivity index (χ1v) is 5.83. The fourth-order valence-corrected chi connectivity index (χ4v) is 1.50. The molecule has 0 saturated carbocycles. The predicted octanol–water partition coefficient (Wildman–Crippen LogP) is 2.68. The van der Waals surface area contributed by atoms with Crippen LogP contribution in [0.4, 0.5) is 0 Å². The Kier molecular flexibility index (Phi) is 4.94. The molecule has 2 N–H and O–H groups in total. The van der Waals surface area contributed by atoms with Crippen molar-refractivity contribution in [3.05, 3.63) is 34.9 Å². The van der Waals surface area contributed by atoms with Gasteiger partial charge in [0, 0.05) is 11.6 Å². The minimum absolute atomic E-state index is 0.0546. The number of aliphatic hydroxyl groups is 1. The molecule has 0 aliphatic rings. The van der Waals surface area contributed by atoms with E-state index in [1.165, 1.54) is 18.2 Å². The zero-order valence-electron chi connectivity index (χ0n) is 10.4. The van der Waals surface area contributed by atoms with Gasteiger partial charge in [-0.05, 0) is 32.0 Å². The van der Waals surface area contributed by atoms with Gasteiger partial charge in [0.2, 0.25) is 0 Å². The molecule has 102 valence electrons. The van der Waals surface area contributed by atoms with Crippen molar-refractivity contribution in [2.45, 2.75) is 20.0 Å². The zero-order chi connectivity index (χ0) is 14.6. The van der Waals surface area contributed by atoms with E-state index in [0.29, 0.717) is 11.8 Å². The molecule has 0 fully saturated rings. The van der Waals surface area contributed by atoms with Crippen LogP contribution in [0.15, 0.2) is 24.3 Å². The van der Waals surface area contributed by atoms with Crippen LogP contribution in [0.2, 0.25) is 5.02 Å². The van der Waals surface area contributed by atoms with Gasteiger partial charge in [0.05, 0.1) is 11.1 Å². The van der Waals surface area contributed by atoms with E-state index >= 15 is 0 Å². The highest BCUT2D eigenvalue weighted by Gasteiger charge is 2.12. The highest BCUT2D eigenvalue weighted by molar-refractivity contribution is 6.38. The van der Waals surface area contributed by atoms with Gasteiger partial charge in [-0.2, -0.15) is 0 Å². The lowest BCUT2D eigenvalue weighted by molar-refractivity contribution is -0.146. The van der Waals surface area contributed by atoms with Gasteiger partial charge >= 0.3 is 5.97 Å². The number of aliphatic carboxylic acids is 1. The molecule has 0 heterocycles. The molecular weight excluding hydrogens is 272 g/mol. The number of hydrogen-bond donors (Lipinski definition) is 2. The number of ether oxygens (including phenoxy) is 1. The number of hydrogen-bond acceptors (Lipinski definition) is 4. The number of carbonyl (C=O) groups is 2. The van der Waals surface area contributed by atoms with Gasteiger partial charge in [0.1, 0.15) is 11.5 Å². The molecule has 0 aliphatic heterocycles. The molecule has 0 bridgehead atoms. The third-order valence-corrected chi connectivity index (χ3v) is 2.36. The molecule has 0 saturated heterocycles. The lowest BCUT2D eigenvalue weighted by Crippen LogP contribution is -2.09. The van der Waals surface area contributed by atoms with Gasteiger partial charge in [-0.15, -0.1) is 0 Å². The largest absolute Gasteiger partial charge is 0.507 e. The maximum absolute atomic E-state index is 10.9. The van der Waals surface area contributed by atoms with E-state index in [1.54, 1.807) is 0 Å². The van der Waals surface area contributed by atoms with Crippen LogP contribution < -0.4 is 4.74 Å². The zero-order valence-corrected chi connectivity index (χ0v) is 11.1. The van der Waals surface area contributed by atoms with Crippen molar-refractivity contribution in [3.63, 3.8) is 0 Å². The van der Waals surface area contributed by atoms with E-state index in [-0.39, 0.29) is 16.7 Å². The molecule has 0 aromatic heterocycles. The summed E-state index contributed by atoms with van der Waals surface area (Å²) in [4.78, 5) is 21.3. The van der Waals surface area contributed by atoms with Crippen LogP contribution in [0.25, 0.3) is 5.76 Å². The topological polar surface area (TPSA) is 83.8 Å². The number of carboxylic acid groups (broad SMARTS) is 1. The molecular formula is C13H13ClO5. The SMILES string of the molecule is CC(C)Oc1ccc(C(O)=CC(=O)C(=O)O)cc1Cl. The number of aliphatic hydroxyl groups excluding tert-OH is 1. The molecule has 5 nitrogen and oxygen atoms in total. The van der Waals surface area contributed by atoms with Crippen molar-refractivity contribution < 1.29 is 24.5 Å². The first-order chi connectivity index (χ1) is 8.81. The molecule has 0 spiro atoms. The van der Waals surface area contributed by atoms with Gasteiger partial charge < -0.3 is 14.9 Å². The van der Waals surface area contributed by atoms with E-state index < -0.39 is 17.5 Å². The normalized spacial score (nSPS) is 11.5. The van der Waals surface area contributed by atoms with Crippen molar-refractivity contribution in [1.82, 2.24) is 0 Å². The summed E-state index contributed by atoms with van der Waals surface area (Å²) in [5.41, 5.74) is 0.232. The van der Waals surface area contributed by atoms with E-state index in [4.69, 9.17) is 21.4 Å². The number of carboxylic acids is 1. The fourth-order valence-electron chi connectivity index (χ4n) is 1.28. The molecule has 0 aliphatic carbocycles. The highest BCUT2D eigenvalue weighted by atomic mass is 35.5. The average Bonchev–Trinajstić information content (AvgIpc) is 2.30. The second-order valence-electron chi connectivity index (χ2n) is 4.01. The third-order valence-electron chi connectivity index (χ3n) is 2.07. The van der Waals surface area contributed by atoms with Crippen molar-refractivity contribution >= 4 is 29.1 Å². The lowest BCUT2D eigenvalue weighted by atomic mass is 10.1. The van der Waals surface area contributed by atoms with Crippen LogP contribution in [0.3, 0.4) is 0 Å². The Bertz CT molecular complexity index is 534. The van der Waals surface area contributed by atoms with Crippen LogP contribution in [-0.2, 0) is 9.59 Å². The number of benzene rings is 1.